The maximum Gasteiger partial charge on any atom is 0.410 e. The molecule has 1 fully saturated rings. The van der Waals surface area contributed by atoms with Gasteiger partial charge in [0.25, 0.3) is 0 Å². The van der Waals surface area contributed by atoms with E-state index in [4.69, 9.17) is 10.5 Å². The molecule has 1 aromatic carbocycles. The highest BCUT2D eigenvalue weighted by atomic mass is 16.6. The van der Waals surface area contributed by atoms with Gasteiger partial charge >= 0.3 is 6.09 Å². The fourth-order valence-electron chi connectivity index (χ4n) is 3.27. The van der Waals surface area contributed by atoms with Gasteiger partial charge in [0.15, 0.2) is 0 Å². The predicted octanol–water partition coefficient (Wildman–Crippen LogP) is 2.71. The Labute approximate surface area is 144 Å². The second kappa shape index (κ2) is 7.53. The Hall–Kier alpha value is -1.59. The normalized spacial score (nSPS) is 23.8. The molecule has 0 aliphatic carbocycles. The Morgan fingerprint density at radius 2 is 1.96 bits per heavy atom. The third-order valence-corrected chi connectivity index (χ3v) is 4.46. The lowest BCUT2D eigenvalue weighted by molar-refractivity contribution is -0.00687. The maximum atomic E-state index is 12.5. The van der Waals surface area contributed by atoms with Gasteiger partial charge in [-0.3, -0.25) is 4.90 Å². The lowest BCUT2D eigenvalue weighted by Crippen LogP contribution is -2.53. The Morgan fingerprint density at radius 3 is 2.54 bits per heavy atom. The van der Waals surface area contributed by atoms with Crippen molar-refractivity contribution in [2.24, 2.45) is 5.73 Å². The van der Waals surface area contributed by atoms with Crippen LogP contribution in [0.25, 0.3) is 0 Å². The Morgan fingerprint density at radius 1 is 1.33 bits per heavy atom. The van der Waals surface area contributed by atoms with E-state index in [0.717, 1.165) is 18.4 Å². The topological polar surface area (TPSA) is 75.8 Å². The van der Waals surface area contributed by atoms with Gasteiger partial charge < -0.3 is 15.6 Å². The number of aliphatic hydroxyl groups is 1. The number of rotatable bonds is 4. The number of aliphatic hydroxyl groups excluding tert-OH is 1. The van der Waals surface area contributed by atoms with Gasteiger partial charge in [-0.25, -0.2) is 4.79 Å². The zero-order valence-electron chi connectivity index (χ0n) is 15.1. The van der Waals surface area contributed by atoms with Crippen LogP contribution in [0.2, 0.25) is 0 Å². The van der Waals surface area contributed by atoms with Crippen LogP contribution in [0.4, 0.5) is 4.79 Å². The molecule has 0 aromatic heterocycles. The number of carbonyl (C=O) groups is 1. The summed E-state index contributed by atoms with van der Waals surface area (Å²) in [7, 11) is 0. The van der Waals surface area contributed by atoms with Gasteiger partial charge in [-0.1, -0.05) is 30.3 Å². The van der Waals surface area contributed by atoms with E-state index in [9.17, 15) is 9.90 Å². The molecular formula is C19H30N2O3. The molecule has 3 N–H and O–H groups in total. The molecule has 0 saturated carbocycles. The molecule has 1 heterocycles. The monoisotopic (exact) mass is 334 g/mol. The lowest BCUT2D eigenvalue weighted by atomic mass is 9.96. The summed E-state index contributed by atoms with van der Waals surface area (Å²) < 4.78 is 5.51. The van der Waals surface area contributed by atoms with Crippen LogP contribution in [0.1, 0.15) is 46.1 Å². The quantitative estimate of drug-likeness (QED) is 0.888. The number of nitrogens with two attached hydrogens (primary N) is 1. The Kier molecular flexibility index (Phi) is 5.88. The smallest absolute Gasteiger partial charge is 0.410 e. The van der Waals surface area contributed by atoms with Crippen molar-refractivity contribution in [3.63, 3.8) is 0 Å². The second-order valence-corrected chi connectivity index (χ2v) is 7.73. The summed E-state index contributed by atoms with van der Waals surface area (Å²) in [4.78, 5) is 14.2. The first-order valence-corrected chi connectivity index (χ1v) is 8.68. The minimum Gasteiger partial charge on any atom is -0.444 e. The first-order valence-electron chi connectivity index (χ1n) is 8.68. The molecule has 1 saturated heterocycles. The highest BCUT2D eigenvalue weighted by Gasteiger charge is 2.42. The van der Waals surface area contributed by atoms with Crippen molar-refractivity contribution < 1.29 is 14.6 Å². The molecule has 2 rings (SSSR count). The molecular weight excluding hydrogens is 304 g/mol. The van der Waals surface area contributed by atoms with Crippen LogP contribution in [0, 0.1) is 0 Å². The third kappa shape index (κ3) is 4.71. The van der Waals surface area contributed by atoms with Gasteiger partial charge in [0, 0.05) is 12.1 Å². The van der Waals surface area contributed by atoms with Crippen LogP contribution in [0.5, 0.6) is 0 Å². The minimum absolute atomic E-state index is 0.0448. The second-order valence-electron chi connectivity index (χ2n) is 7.73. The van der Waals surface area contributed by atoms with Crippen LogP contribution in [0.15, 0.2) is 30.3 Å². The molecule has 0 spiro atoms. The summed E-state index contributed by atoms with van der Waals surface area (Å²) >= 11 is 0. The molecule has 0 radical (unpaired) electrons. The highest BCUT2D eigenvalue weighted by molar-refractivity contribution is 5.69. The average molecular weight is 334 g/mol. The number of carbonyl (C=O) groups excluding carboxylic acids is 1. The molecule has 24 heavy (non-hydrogen) atoms. The number of hydrogen-bond acceptors (Lipinski definition) is 4. The molecule has 0 bridgehead atoms. The Bertz CT molecular complexity index is 541. The standard InChI is InChI=1S/C19H30N2O3/c1-13-10-11-16(21(13)18(23)24-19(2,3)4)17(22)15(20)12-14-8-6-5-7-9-14/h5-9,13,15-17,22H,10-12,20H2,1-4H3/t13?,15-,16?,17-/m0/s1. The van der Waals surface area contributed by atoms with Crippen LogP contribution in [0.3, 0.4) is 0 Å². The number of ether oxygens (including phenoxy) is 1. The summed E-state index contributed by atoms with van der Waals surface area (Å²) in [6.45, 7) is 7.52. The van der Waals surface area contributed by atoms with Gasteiger partial charge in [-0.05, 0) is 52.5 Å². The van der Waals surface area contributed by atoms with Gasteiger partial charge in [-0.15, -0.1) is 0 Å². The van der Waals surface area contributed by atoms with Crippen molar-refractivity contribution in [1.29, 1.82) is 0 Å². The van der Waals surface area contributed by atoms with E-state index in [-0.39, 0.29) is 18.2 Å². The van der Waals surface area contributed by atoms with Crippen molar-refractivity contribution in [3.8, 4) is 0 Å². The molecule has 1 amide bonds. The number of benzene rings is 1. The molecule has 1 aliphatic heterocycles. The minimum atomic E-state index is -0.775. The van der Waals surface area contributed by atoms with Gasteiger partial charge in [0.1, 0.15) is 5.60 Å². The molecule has 4 atom stereocenters. The van der Waals surface area contributed by atoms with Crippen molar-refractivity contribution >= 4 is 6.09 Å². The number of amides is 1. The van der Waals surface area contributed by atoms with E-state index in [2.05, 4.69) is 0 Å². The highest BCUT2D eigenvalue weighted by Crippen LogP contribution is 2.29. The van der Waals surface area contributed by atoms with Crippen molar-refractivity contribution in [3.05, 3.63) is 35.9 Å². The molecule has 5 nitrogen and oxygen atoms in total. The summed E-state index contributed by atoms with van der Waals surface area (Å²) in [5.41, 5.74) is 6.76. The maximum absolute atomic E-state index is 12.5. The average Bonchev–Trinajstić information content (AvgIpc) is 2.87. The summed E-state index contributed by atoms with van der Waals surface area (Å²) in [6.07, 6.45) is 1.02. The van der Waals surface area contributed by atoms with Crippen molar-refractivity contribution in [1.82, 2.24) is 4.90 Å². The van der Waals surface area contributed by atoms with Crippen LogP contribution >= 0.6 is 0 Å². The van der Waals surface area contributed by atoms with E-state index in [1.54, 1.807) is 4.90 Å². The van der Waals surface area contributed by atoms with E-state index in [0.29, 0.717) is 6.42 Å². The molecule has 5 heteroatoms. The molecule has 1 aliphatic rings. The SMILES string of the molecule is CC1CCC([C@@H](O)[C@@H](N)Cc2ccccc2)N1C(=O)OC(C)(C)C. The zero-order chi connectivity index (χ0) is 17.9. The lowest BCUT2D eigenvalue weighted by Gasteiger charge is -2.35. The summed E-state index contributed by atoms with van der Waals surface area (Å²) in [5.74, 6) is 0. The summed E-state index contributed by atoms with van der Waals surface area (Å²) in [5, 5.41) is 10.7. The van der Waals surface area contributed by atoms with Gasteiger partial charge in [0.05, 0.1) is 12.1 Å². The summed E-state index contributed by atoms with van der Waals surface area (Å²) in [6, 6.07) is 9.18. The predicted molar refractivity (Wildman–Crippen MR) is 94.7 cm³/mol. The van der Waals surface area contributed by atoms with E-state index in [1.807, 2.05) is 58.0 Å². The van der Waals surface area contributed by atoms with Gasteiger partial charge in [0.2, 0.25) is 0 Å². The van der Waals surface area contributed by atoms with Crippen LogP contribution in [-0.2, 0) is 11.2 Å². The fourth-order valence-corrected chi connectivity index (χ4v) is 3.27. The Balaban J connectivity index is 2.06. The first kappa shape index (κ1) is 18.7. The number of hydrogen-bond donors (Lipinski definition) is 2. The third-order valence-electron chi connectivity index (χ3n) is 4.46. The van der Waals surface area contributed by atoms with E-state index < -0.39 is 17.7 Å². The van der Waals surface area contributed by atoms with Crippen molar-refractivity contribution in [2.45, 2.75) is 76.8 Å². The van der Waals surface area contributed by atoms with E-state index >= 15 is 0 Å². The molecule has 134 valence electrons. The molecule has 1 aromatic rings. The van der Waals surface area contributed by atoms with Crippen LogP contribution in [-0.4, -0.2) is 45.9 Å². The van der Waals surface area contributed by atoms with Crippen molar-refractivity contribution in [2.75, 3.05) is 0 Å². The van der Waals surface area contributed by atoms with Crippen LogP contribution < -0.4 is 5.73 Å². The first-order chi connectivity index (χ1) is 11.2. The fraction of sp³-hybridized carbons (Fsp3) is 0.632. The number of likely N-dealkylation sites (tertiary alicyclic amines) is 1. The largest absolute Gasteiger partial charge is 0.444 e. The van der Waals surface area contributed by atoms with E-state index in [1.165, 1.54) is 0 Å². The van der Waals surface area contributed by atoms with Gasteiger partial charge in [-0.2, -0.15) is 0 Å². The number of nitrogens with zero attached hydrogens (tertiary/aromatic N) is 1. The zero-order valence-corrected chi connectivity index (χ0v) is 15.1. The molecule has 2 unspecified atom stereocenters.